The van der Waals surface area contributed by atoms with Crippen LogP contribution in [0.25, 0.3) is 0 Å². The summed E-state index contributed by atoms with van der Waals surface area (Å²) in [5.41, 5.74) is 5.96. The molecule has 0 saturated carbocycles. The van der Waals surface area contributed by atoms with Crippen LogP contribution >= 0.6 is 46.4 Å². The molecule has 0 aromatic carbocycles. The predicted molar refractivity (Wildman–Crippen MR) is 89.1 cm³/mol. The Kier molecular flexibility index (Phi) is 8.43. The van der Waals surface area contributed by atoms with Gasteiger partial charge in [-0.2, -0.15) is 0 Å². The number of halogens is 4. The summed E-state index contributed by atoms with van der Waals surface area (Å²) in [4.78, 5) is 25.8. The Morgan fingerprint density at radius 2 is 1.43 bits per heavy atom. The van der Waals surface area contributed by atoms with Crippen molar-refractivity contribution < 1.29 is 9.53 Å². The van der Waals surface area contributed by atoms with E-state index in [1.54, 1.807) is 0 Å². The molecular weight excluding hydrogens is 388 g/mol. The molecule has 23 heavy (non-hydrogen) atoms. The third-order valence-electron chi connectivity index (χ3n) is 2.31. The first kappa shape index (κ1) is 19.8. The van der Waals surface area contributed by atoms with Gasteiger partial charge in [0, 0.05) is 19.1 Å². The molecule has 7 nitrogen and oxygen atoms in total. The summed E-state index contributed by atoms with van der Waals surface area (Å²) in [6.07, 6.45) is 2.59. The molecule has 0 aliphatic carbocycles. The van der Waals surface area contributed by atoms with Crippen LogP contribution in [-0.4, -0.2) is 39.4 Å². The number of aromatic nitrogens is 4. The second-order valence-corrected chi connectivity index (χ2v) is 5.38. The van der Waals surface area contributed by atoms with Crippen molar-refractivity contribution in [3.05, 3.63) is 38.8 Å². The summed E-state index contributed by atoms with van der Waals surface area (Å²) in [7, 11) is 1.45. The van der Waals surface area contributed by atoms with Crippen molar-refractivity contribution in [3.63, 3.8) is 0 Å². The summed E-state index contributed by atoms with van der Waals surface area (Å²) >= 11 is 22.4. The van der Waals surface area contributed by atoms with Crippen molar-refractivity contribution >= 4 is 57.9 Å². The highest BCUT2D eigenvalue weighted by atomic mass is 35.5. The van der Waals surface area contributed by atoms with E-state index >= 15 is 0 Å². The Hall–Kier alpha value is -1.25. The third-order valence-corrected chi connectivity index (χ3v) is 3.56. The van der Waals surface area contributed by atoms with Crippen LogP contribution < -0.4 is 5.73 Å². The lowest BCUT2D eigenvalue weighted by molar-refractivity contribution is -0.121. The average molecular weight is 399 g/mol. The number of nitrogens with zero attached hydrogens (tertiary/aromatic N) is 4. The lowest BCUT2D eigenvalue weighted by Crippen LogP contribution is -2.11. The Morgan fingerprint density at radius 1 is 1.00 bits per heavy atom. The number of ketones is 1. The van der Waals surface area contributed by atoms with E-state index in [9.17, 15) is 4.79 Å². The number of hydrogen-bond acceptors (Lipinski definition) is 7. The zero-order valence-corrected chi connectivity index (χ0v) is 14.8. The summed E-state index contributed by atoms with van der Waals surface area (Å²) in [5.74, 6) is -0.119. The molecule has 0 aliphatic heterocycles. The molecule has 0 unspecified atom stereocenters. The van der Waals surface area contributed by atoms with Crippen LogP contribution in [-0.2, 0) is 16.0 Å². The quantitative estimate of drug-likeness (QED) is 0.789. The number of ether oxygens (including phenoxy) is 1. The molecule has 0 amide bonds. The number of rotatable bonds is 4. The summed E-state index contributed by atoms with van der Waals surface area (Å²) in [5, 5.41) is 0.786. The second kappa shape index (κ2) is 9.79. The molecule has 2 heterocycles. The van der Waals surface area contributed by atoms with Gasteiger partial charge in [0.25, 0.3) is 0 Å². The Balaban J connectivity index is 0.000000253. The number of nitrogen functional groups attached to an aromatic ring is 1. The minimum Gasteiger partial charge on any atom is -0.394 e. The lowest BCUT2D eigenvalue weighted by Gasteiger charge is -2.03. The van der Waals surface area contributed by atoms with Crippen molar-refractivity contribution in [2.75, 3.05) is 19.5 Å². The maximum Gasteiger partial charge on any atom is 0.163 e. The summed E-state index contributed by atoms with van der Waals surface area (Å²) in [6.45, 7) is 0.0293. The van der Waals surface area contributed by atoms with Crippen LogP contribution in [0.15, 0.2) is 12.7 Å². The van der Waals surface area contributed by atoms with Gasteiger partial charge in [0.2, 0.25) is 0 Å². The number of Topliss-reactive ketones (excluding diaryl/α,β-unsaturated/α-hetero) is 1. The molecule has 0 atom stereocenters. The number of carbonyl (C=O) groups is 1. The normalized spacial score (nSPS) is 9.96. The number of methoxy groups -OCH3 is 1. The van der Waals surface area contributed by atoms with E-state index < -0.39 is 0 Å². The van der Waals surface area contributed by atoms with Gasteiger partial charge in [-0.3, -0.25) is 4.79 Å². The molecule has 2 aromatic rings. The van der Waals surface area contributed by atoms with Gasteiger partial charge >= 0.3 is 0 Å². The molecule has 11 heteroatoms. The maximum absolute atomic E-state index is 11.2. The topological polar surface area (TPSA) is 104 Å². The maximum atomic E-state index is 11.2. The molecule has 0 fully saturated rings. The molecule has 0 spiro atoms. The van der Waals surface area contributed by atoms with E-state index in [-0.39, 0.29) is 45.1 Å². The third kappa shape index (κ3) is 6.40. The highest BCUT2D eigenvalue weighted by molar-refractivity contribution is 6.37. The fourth-order valence-corrected chi connectivity index (χ4v) is 2.04. The van der Waals surface area contributed by atoms with Crippen LogP contribution in [0.1, 0.15) is 5.56 Å². The van der Waals surface area contributed by atoms with Crippen LogP contribution in [0, 0.1) is 0 Å². The van der Waals surface area contributed by atoms with Crippen LogP contribution in [0.3, 0.4) is 0 Å². The number of carbonyl (C=O) groups excluding carboxylic acids is 1. The highest BCUT2D eigenvalue weighted by Gasteiger charge is 2.12. The number of nitrogens with two attached hydrogens (primary N) is 1. The molecule has 124 valence electrons. The smallest absolute Gasteiger partial charge is 0.163 e. The van der Waals surface area contributed by atoms with Crippen molar-refractivity contribution in [3.8, 4) is 0 Å². The minimum atomic E-state index is -0.119. The van der Waals surface area contributed by atoms with Gasteiger partial charge in [0.1, 0.15) is 35.3 Å². The summed E-state index contributed by atoms with van der Waals surface area (Å²) in [6, 6.07) is 0. The van der Waals surface area contributed by atoms with E-state index in [1.165, 1.54) is 19.8 Å². The predicted octanol–water partition coefficient (Wildman–Crippen LogP) is 2.91. The van der Waals surface area contributed by atoms with Gasteiger partial charge in [-0.15, -0.1) is 0 Å². The molecule has 0 bridgehead atoms. The second-order valence-electron chi connectivity index (χ2n) is 3.95. The first-order valence-electron chi connectivity index (χ1n) is 5.93. The van der Waals surface area contributed by atoms with E-state index in [2.05, 4.69) is 24.7 Å². The van der Waals surface area contributed by atoms with Gasteiger partial charge in [-0.05, 0) is 0 Å². The molecule has 0 saturated heterocycles. The highest BCUT2D eigenvalue weighted by Crippen LogP contribution is 2.21. The monoisotopic (exact) mass is 397 g/mol. The standard InChI is InChI=1S/C8H8Cl2N2O2.C4H3Cl2N3/c1-14-3-5(13)2-6-7(9)11-4-12-8(6)10;5-3-2(7)4(6)9-1-8-3/h4H,2-3H2,1H3;1H,7H2. The molecular formula is C12H11Cl4N5O2. The van der Waals surface area contributed by atoms with E-state index in [0.29, 0.717) is 5.56 Å². The minimum absolute atomic E-state index is 0.0293. The van der Waals surface area contributed by atoms with E-state index in [1.807, 2.05) is 0 Å². The fraction of sp³-hybridized carbons (Fsp3) is 0.250. The van der Waals surface area contributed by atoms with Crippen LogP contribution in [0.2, 0.25) is 20.6 Å². The van der Waals surface area contributed by atoms with Gasteiger partial charge in [-0.1, -0.05) is 46.4 Å². The molecule has 2 N–H and O–H groups in total. The van der Waals surface area contributed by atoms with Crippen molar-refractivity contribution in [2.24, 2.45) is 0 Å². The van der Waals surface area contributed by atoms with E-state index in [0.717, 1.165) is 0 Å². The zero-order chi connectivity index (χ0) is 17.4. The molecule has 2 aromatic heterocycles. The molecule has 0 radical (unpaired) electrons. The molecule has 2 rings (SSSR count). The Bertz CT molecular complexity index is 646. The SMILES string of the molecule is COCC(=O)Cc1c(Cl)ncnc1Cl.Nc1c(Cl)ncnc1Cl. The summed E-state index contributed by atoms with van der Waals surface area (Å²) < 4.78 is 4.68. The first-order valence-corrected chi connectivity index (χ1v) is 7.45. The van der Waals surface area contributed by atoms with Gasteiger partial charge in [0.05, 0.1) is 0 Å². The van der Waals surface area contributed by atoms with E-state index in [4.69, 9.17) is 52.1 Å². The van der Waals surface area contributed by atoms with Gasteiger partial charge < -0.3 is 10.5 Å². The Morgan fingerprint density at radius 3 is 1.83 bits per heavy atom. The van der Waals surface area contributed by atoms with Crippen molar-refractivity contribution in [2.45, 2.75) is 6.42 Å². The van der Waals surface area contributed by atoms with Crippen LogP contribution in [0.4, 0.5) is 5.69 Å². The number of anilines is 1. The van der Waals surface area contributed by atoms with Gasteiger partial charge in [-0.25, -0.2) is 19.9 Å². The van der Waals surface area contributed by atoms with Crippen LogP contribution in [0.5, 0.6) is 0 Å². The van der Waals surface area contributed by atoms with Gasteiger partial charge in [0.15, 0.2) is 16.1 Å². The Labute approximate surface area is 152 Å². The fourth-order valence-electron chi connectivity index (χ4n) is 1.28. The first-order chi connectivity index (χ1) is 10.9. The average Bonchev–Trinajstić information content (AvgIpc) is 2.50. The largest absolute Gasteiger partial charge is 0.394 e. The van der Waals surface area contributed by atoms with Crippen molar-refractivity contribution in [1.82, 2.24) is 19.9 Å². The van der Waals surface area contributed by atoms with Crippen molar-refractivity contribution in [1.29, 1.82) is 0 Å². The molecule has 0 aliphatic rings. The zero-order valence-electron chi connectivity index (χ0n) is 11.8. The lowest BCUT2D eigenvalue weighted by atomic mass is 10.2. The number of hydrogen-bond donors (Lipinski definition) is 1.